The number of benzene rings is 1. The Labute approximate surface area is 76.5 Å². The molecule has 0 radical (unpaired) electrons. The van der Waals surface area contributed by atoms with Gasteiger partial charge in [0.1, 0.15) is 5.78 Å². The summed E-state index contributed by atoms with van der Waals surface area (Å²) >= 11 is 0. The van der Waals surface area contributed by atoms with E-state index in [9.17, 15) is 15.0 Å². The van der Waals surface area contributed by atoms with Gasteiger partial charge in [-0.25, -0.2) is 0 Å². The Bertz CT molecular complexity index is 325. The molecule has 0 amide bonds. The van der Waals surface area contributed by atoms with Gasteiger partial charge in [0.15, 0.2) is 0 Å². The Morgan fingerprint density at radius 1 is 1.38 bits per heavy atom. The second-order valence-corrected chi connectivity index (χ2v) is 3.03. The molecule has 6 heteroatoms. The summed E-state index contributed by atoms with van der Waals surface area (Å²) in [4.78, 5) is 19.9. The van der Waals surface area contributed by atoms with E-state index in [4.69, 9.17) is 0 Å². The van der Waals surface area contributed by atoms with Crippen LogP contribution in [0.1, 0.15) is 11.3 Å². The zero-order valence-corrected chi connectivity index (χ0v) is 7.74. The van der Waals surface area contributed by atoms with Crippen LogP contribution in [0.4, 0.5) is 5.69 Å². The van der Waals surface area contributed by atoms with E-state index < -0.39 is 10.7 Å². The normalized spacial score (nSPS) is 12.1. The standard InChI is InChI=1S/C7H7N2O3P/c10-8-7(13)5-1-3-6(4-2-5)9(11)12/h1-4,7H,13H2. The van der Waals surface area contributed by atoms with Crippen LogP contribution in [0, 0.1) is 15.0 Å². The lowest BCUT2D eigenvalue weighted by Gasteiger charge is -2.00. The molecular formula is C7H7N2O3P. The number of nitrogens with zero attached hydrogens (tertiary/aromatic N) is 2. The lowest BCUT2D eigenvalue weighted by atomic mass is 10.2. The second kappa shape index (κ2) is 4.05. The van der Waals surface area contributed by atoms with Crippen molar-refractivity contribution in [1.29, 1.82) is 0 Å². The van der Waals surface area contributed by atoms with Gasteiger partial charge in [-0.05, 0) is 17.7 Å². The molecule has 0 spiro atoms. The Morgan fingerprint density at radius 2 is 1.92 bits per heavy atom. The van der Waals surface area contributed by atoms with Crippen LogP contribution < -0.4 is 0 Å². The van der Waals surface area contributed by atoms with Crippen molar-refractivity contribution in [2.45, 2.75) is 5.78 Å². The molecule has 0 saturated carbocycles. The number of nitroso groups, excluding NO2 is 1. The minimum Gasteiger partial charge on any atom is -0.258 e. The van der Waals surface area contributed by atoms with Gasteiger partial charge in [-0.15, -0.1) is 14.1 Å². The summed E-state index contributed by atoms with van der Waals surface area (Å²) in [6.07, 6.45) is 0. The first-order chi connectivity index (χ1) is 6.15. The monoisotopic (exact) mass is 198 g/mol. The van der Waals surface area contributed by atoms with E-state index in [1.807, 2.05) is 0 Å². The van der Waals surface area contributed by atoms with E-state index in [-0.39, 0.29) is 5.69 Å². The average molecular weight is 198 g/mol. The smallest absolute Gasteiger partial charge is 0.258 e. The van der Waals surface area contributed by atoms with Gasteiger partial charge in [-0.1, -0.05) is 5.18 Å². The minimum absolute atomic E-state index is 0.00634. The molecule has 0 bridgehead atoms. The van der Waals surface area contributed by atoms with Crippen molar-refractivity contribution in [2.75, 3.05) is 0 Å². The van der Waals surface area contributed by atoms with E-state index in [1.165, 1.54) is 24.3 Å². The quantitative estimate of drug-likeness (QED) is 0.323. The molecule has 2 atom stereocenters. The predicted molar refractivity (Wildman–Crippen MR) is 51.3 cm³/mol. The molecule has 0 N–H and O–H groups in total. The van der Waals surface area contributed by atoms with E-state index >= 15 is 0 Å². The average Bonchev–Trinajstić information content (AvgIpc) is 2.17. The molecule has 2 unspecified atom stereocenters. The fourth-order valence-electron chi connectivity index (χ4n) is 0.854. The summed E-state index contributed by atoms with van der Waals surface area (Å²) in [6, 6.07) is 5.71. The molecule has 5 nitrogen and oxygen atoms in total. The van der Waals surface area contributed by atoms with E-state index in [0.717, 1.165) is 0 Å². The first-order valence-corrected chi connectivity index (χ1v) is 4.14. The highest BCUT2D eigenvalue weighted by molar-refractivity contribution is 7.17. The fraction of sp³-hybridized carbons (Fsp3) is 0.143. The van der Waals surface area contributed by atoms with Crippen molar-refractivity contribution in [2.24, 2.45) is 5.18 Å². The number of rotatable bonds is 3. The third-order valence-corrected chi connectivity index (χ3v) is 2.07. The van der Waals surface area contributed by atoms with Gasteiger partial charge < -0.3 is 0 Å². The number of hydrogen-bond donors (Lipinski definition) is 0. The molecule has 68 valence electrons. The highest BCUT2D eigenvalue weighted by atomic mass is 31.0. The van der Waals surface area contributed by atoms with Crippen molar-refractivity contribution in [3.8, 4) is 0 Å². The number of nitro groups is 1. The van der Waals surface area contributed by atoms with Gasteiger partial charge in [-0.2, -0.15) is 0 Å². The van der Waals surface area contributed by atoms with Crippen molar-refractivity contribution < 1.29 is 4.92 Å². The SMILES string of the molecule is O=NC(P)c1ccc([N+](=O)[O-])cc1. The molecule has 0 heterocycles. The van der Waals surface area contributed by atoms with Crippen LogP contribution in [0.5, 0.6) is 0 Å². The van der Waals surface area contributed by atoms with Crippen molar-refractivity contribution >= 4 is 14.9 Å². The van der Waals surface area contributed by atoms with E-state index in [0.29, 0.717) is 5.56 Å². The number of non-ortho nitro benzene ring substituents is 1. The second-order valence-electron chi connectivity index (χ2n) is 2.40. The summed E-state index contributed by atoms with van der Waals surface area (Å²) < 4.78 is 0. The molecule has 0 aliphatic rings. The summed E-state index contributed by atoms with van der Waals surface area (Å²) in [6.45, 7) is 0. The summed E-state index contributed by atoms with van der Waals surface area (Å²) in [5.41, 5.74) is 0.650. The molecule has 0 aliphatic carbocycles. The molecule has 1 rings (SSSR count). The molecule has 0 fully saturated rings. The highest BCUT2D eigenvalue weighted by Gasteiger charge is 2.08. The Balaban J connectivity index is 2.93. The van der Waals surface area contributed by atoms with Crippen LogP contribution in [-0.2, 0) is 0 Å². The third kappa shape index (κ3) is 2.29. The van der Waals surface area contributed by atoms with Gasteiger partial charge in [0.25, 0.3) is 5.69 Å². The minimum atomic E-state index is -0.541. The van der Waals surface area contributed by atoms with Gasteiger partial charge in [-0.3, -0.25) is 10.1 Å². The van der Waals surface area contributed by atoms with Crippen molar-refractivity contribution in [1.82, 2.24) is 0 Å². The highest BCUT2D eigenvalue weighted by Crippen LogP contribution is 2.25. The third-order valence-electron chi connectivity index (χ3n) is 1.56. The zero-order chi connectivity index (χ0) is 9.84. The van der Waals surface area contributed by atoms with Gasteiger partial charge in [0.2, 0.25) is 0 Å². The Morgan fingerprint density at radius 3 is 2.31 bits per heavy atom. The first-order valence-electron chi connectivity index (χ1n) is 3.47. The molecular weight excluding hydrogens is 191 g/mol. The van der Waals surface area contributed by atoms with Gasteiger partial charge in [0, 0.05) is 12.1 Å². The maximum atomic E-state index is 10.3. The molecule has 0 aliphatic heterocycles. The summed E-state index contributed by atoms with van der Waals surface area (Å²) in [7, 11) is 2.24. The number of nitro benzene ring substituents is 1. The van der Waals surface area contributed by atoms with Crippen LogP contribution in [0.3, 0.4) is 0 Å². The maximum Gasteiger partial charge on any atom is 0.269 e. The first kappa shape index (κ1) is 9.74. The van der Waals surface area contributed by atoms with Crippen molar-refractivity contribution in [3.63, 3.8) is 0 Å². The summed E-state index contributed by atoms with van der Waals surface area (Å²) in [5.74, 6) is -0.541. The van der Waals surface area contributed by atoms with Crippen LogP contribution in [-0.4, -0.2) is 4.92 Å². The molecule has 0 aromatic heterocycles. The molecule has 1 aromatic rings. The van der Waals surface area contributed by atoms with Gasteiger partial charge >= 0.3 is 0 Å². The van der Waals surface area contributed by atoms with E-state index in [2.05, 4.69) is 14.4 Å². The molecule has 13 heavy (non-hydrogen) atoms. The zero-order valence-electron chi connectivity index (χ0n) is 6.58. The van der Waals surface area contributed by atoms with Crippen LogP contribution in [0.2, 0.25) is 0 Å². The van der Waals surface area contributed by atoms with E-state index in [1.54, 1.807) is 0 Å². The van der Waals surface area contributed by atoms with Crippen LogP contribution in [0.25, 0.3) is 0 Å². The largest absolute Gasteiger partial charge is 0.269 e. The van der Waals surface area contributed by atoms with Crippen molar-refractivity contribution in [3.05, 3.63) is 44.9 Å². The molecule has 0 saturated heterocycles. The lowest BCUT2D eigenvalue weighted by molar-refractivity contribution is -0.384. The fourth-order valence-corrected chi connectivity index (χ4v) is 1.08. The van der Waals surface area contributed by atoms with Gasteiger partial charge in [0.05, 0.1) is 4.92 Å². The maximum absolute atomic E-state index is 10.3. The summed E-state index contributed by atoms with van der Waals surface area (Å²) in [5, 5.41) is 13.0. The van der Waals surface area contributed by atoms with Crippen LogP contribution >= 0.6 is 9.24 Å². The predicted octanol–water partition coefficient (Wildman–Crippen LogP) is 2.23. The Kier molecular flexibility index (Phi) is 3.03. The topological polar surface area (TPSA) is 72.6 Å². The lowest BCUT2D eigenvalue weighted by Crippen LogP contribution is -1.89. The number of hydrogen-bond acceptors (Lipinski definition) is 4. The molecule has 1 aromatic carbocycles. The van der Waals surface area contributed by atoms with Crippen LogP contribution in [0.15, 0.2) is 29.4 Å². The Hall–Kier alpha value is -1.35.